The Balaban J connectivity index is 1.58. The lowest BCUT2D eigenvalue weighted by atomic mass is 10.1. The van der Waals surface area contributed by atoms with Crippen LogP contribution in [0, 0.1) is 6.92 Å². The molecule has 1 aliphatic heterocycles. The smallest absolute Gasteiger partial charge is 0.243 e. The van der Waals surface area contributed by atoms with E-state index in [2.05, 4.69) is 10.3 Å². The van der Waals surface area contributed by atoms with Crippen LogP contribution in [-0.2, 0) is 10.0 Å². The number of rotatable bonds is 5. The maximum absolute atomic E-state index is 13.0. The first-order chi connectivity index (χ1) is 12.0. The normalized spacial score (nSPS) is 21.4. The third-order valence-electron chi connectivity index (χ3n) is 4.93. The number of nitrogens with zero attached hydrogens (tertiary/aromatic N) is 2. The molecule has 0 radical (unpaired) electrons. The van der Waals surface area contributed by atoms with Gasteiger partial charge in [-0.15, -0.1) is 0 Å². The van der Waals surface area contributed by atoms with E-state index in [-0.39, 0.29) is 6.04 Å². The van der Waals surface area contributed by atoms with Gasteiger partial charge in [-0.1, -0.05) is 23.8 Å². The molecule has 1 N–H and O–H groups in total. The summed E-state index contributed by atoms with van der Waals surface area (Å²) in [4.78, 5) is 4.84. The van der Waals surface area contributed by atoms with Crippen molar-refractivity contribution >= 4 is 15.8 Å². The summed E-state index contributed by atoms with van der Waals surface area (Å²) in [5.74, 6) is 0.872. The second-order valence-corrected chi connectivity index (χ2v) is 8.87. The molecule has 1 aliphatic carbocycles. The average molecular weight is 357 g/mol. The summed E-state index contributed by atoms with van der Waals surface area (Å²) in [5.41, 5.74) is 2.02. The van der Waals surface area contributed by atoms with Crippen LogP contribution in [-0.4, -0.2) is 30.3 Å². The highest BCUT2D eigenvalue weighted by Gasteiger charge is 2.36. The van der Waals surface area contributed by atoms with Crippen LogP contribution in [0.25, 0.3) is 0 Å². The zero-order chi connectivity index (χ0) is 17.4. The predicted octanol–water partition coefficient (Wildman–Crippen LogP) is 3.49. The fourth-order valence-corrected chi connectivity index (χ4v) is 5.01. The molecule has 4 rings (SSSR count). The van der Waals surface area contributed by atoms with Gasteiger partial charge in [0.05, 0.1) is 10.9 Å². The van der Waals surface area contributed by atoms with Crippen molar-refractivity contribution in [2.75, 3.05) is 11.9 Å². The van der Waals surface area contributed by atoms with Crippen molar-refractivity contribution < 1.29 is 8.42 Å². The number of anilines is 1. The Labute approximate surface area is 149 Å². The summed E-state index contributed by atoms with van der Waals surface area (Å²) >= 11 is 0. The number of hydrogen-bond donors (Lipinski definition) is 1. The molecule has 1 saturated carbocycles. The fraction of sp³-hybridized carbons (Fsp3) is 0.421. The van der Waals surface area contributed by atoms with Crippen LogP contribution in [0.15, 0.2) is 47.5 Å². The van der Waals surface area contributed by atoms with Crippen LogP contribution in [0.2, 0.25) is 0 Å². The van der Waals surface area contributed by atoms with E-state index in [0.717, 1.165) is 29.8 Å². The van der Waals surface area contributed by atoms with Gasteiger partial charge in [0.2, 0.25) is 10.0 Å². The number of pyridine rings is 1. The number of sulfonamides is 1. The predicted molar refractivity (Wildman–Crippen MR) is 97.9 cm³/mol. The van der Waals surface area contributed by atoms with E-state index in [1.54, 1.807) is 16.4 Å². The van der Waals surface area contributed by atoms with Crippen molar-refractivity contribution in [1.82, 2.24) is 9.29 Å². The largest absolute Gasteiger partial charge is 0.367 e. The summed E-state index contributed by atoms with van der Waals surface area (Å²) in [6.07, 6.45) is 5.93. The Bertz CT molecular complexity index is 843. The van der Waals surface area contributed by atoms with Crippen molar-refractivity contribution in [3.8, 4) is 0 Å². The molecular weight excluding hydrogens is 334 g/mol. The number of hydrogen-bond acceptors (Lipinski definition) is 4. The minimum absolute atomic E-state index is 0.131. The molecule has 0 spiro atoms. The van der Waals surface area contributed by atoms with Crippen LogP contribution < -0.4 is 5.32 Å². The summed E-state index contributed by atoms with van der Waals surface area (Å²) in [6.45, 7) is 2.51. The Hall–Kier alpha value is -1.92. The van der Waals surface area contributed by atoms with Gasteiger partial charge in [-0.2, -0.15) is 4.31 Å². The minimum Gasteiger partial charge on any atom is -0.367 e. The molecule has 2 heterocycles. The number of aryl methyl sites for hydroxylation is 1. The Morgan fingerprint density at radius 2 is 1.84 bits per heavy atom. The molecule has 0 bridgehead atoms. The Morgan fingerprint density at radius 3 is 2.48 bits per heavy atom. The molecular formula is C19H23N3O2S. The highest BCUT2D eigenvalue weighted by Crippen LogP contribution is 2.36. The van der Waals surface area contributed by atoms with Gasteiger partial charge < -0.3 is 5.32 Å². The highest BCUT2D eigenvalue weighted by molar-refractivity contribution is 7.89. The van der Waals surface area contributed by atoms with Crippen molar-refractivity contribution in [3.63, 3.8) is 0 Å². The van der Waals surface area contributed by atoms with Crippen molar-refractivity contribution in [1.29, 1.82) is 0 Å². The van der Waals surface area contributed by atoms with E-state index < -0.39 is 10.0 Å². The zero-order valence-electron chi connectivity index (χ0n) is 14.4. The van der Waals surface area contributed by atoms with Crippen molar-refractivity contribution in [2.45, 2.75) is 49.6 Å². The fourth-order valence-electron chi connectivity index (χ4n) is 3.33. The van der Waals surface area contributed by atoms with Gasteiger partial charge in [-0.05, 0) is 56.4 Å². The molecule has 0 unspecified atom stereocenters. The monoisotopic (exact) mass is 357 g/mol. The summed E-state index contributed by atoms with van der Waals surface area (Å²) in [7, 11) is -3.48. The molecule has 1 saturated heterocycles. The minimum atomic E-state index is -3.48. The van der Waals surface area contributed by atoms with Crippen LogP contribution in [0.4, 0.5) is 5.82 Å². The first-order valence-corrected chi connectivity index (χ1v) is 10.3. The van der Waals surface area contributed by atoms with Gasteiger partial charge in [-0.25, -0.2) is 13.4 Å². The maximum Gasteiger partial charge on any atom is 0.243 e. The Kier molecular flexibility index (Phi) is 4.25. The maximum atomic E-state index is 13.0. The highest BCUT2D eigenvalue weighted by atomic mass is 32.2. The topological polar surface area (TPSA) is 62.3 Å². The van der Waals surface area contributed by atoms with E-state index in [4.69, 9.17) is 0 Å². The van der Waals surface area contributed by atoms with E-state index in [9.17, 15) is 8.42 Å². The van der Waals surface area contributed by atoms with E-state index in [1.165, 1.54) is 12.8 Å². The molecule has 132 valence electrons. The number of nitrogens with one attached hydrogen (secondary N) is 1. The van der Waals surface area contributed by atoms with Crippen LogP contribution in [0.1, 0.15) is 42.9 Å². The van der Waals surface area contributed by atoms with Gasteiger partial charge in [-0.3, -0.25) is 0 Å². The molecule has 1 aromatic carbocycles. The molecule has 2 fully saturated rings. The molecule has 1 aromatic heterocycles. The third-order valence-corrected chi connectivity index (χ3v) is 6.85. The second-order valence-electron chi connectivity index (χ2n) is 6.98. The molecule has 2 aromatic rings. The first-order valence-electron chi connectivity index (χ1n) is 8.85. The van der Waals surface area contributed by atoms with Crippen LogP contribution >= 0.6 is 0 Å². The molecule has 25 heavy (non-hydrogen) atoms. The van der Waals surface area contributed by atoms with Crippen LogP contribution in [0.3, 0.4) is 0 Å². The van der Waals surface area contributed by atoms with Gasteiger partial charge in [0.1, 0.15) is 5.82 Å². The first kappa shape index (κ1) is 16.5. The van der Waals surface area contributed by atoms with E-state index >= 15 is 0 Å². The van der Waals surface area contributed by atoms with Gasteiger partial charge >= 0.3 is 0 Å². The zero-order valence-corrected chi connectivity index (χ0v) is 15.2. The molecule has 2 aliphatic rings. The Morgan fingerprint density at radius 1 is 1.08 bits per heavy atom. The molecule has 5 nitrogen and oxygen atoms in total. The number of benzene rings is 1. The SMILES string of the molecule is Cc1ccc(S(=O)(=O)N2CCC[C@H]2c2ccc(NC3CC3)nc2)cc1. The van der Waals surface area contributed by atoms with Crippen LogP contribution in [0.5, 0.6) is 0 Å². The van der Waals surface area contributed by atoms with Gasteiger partial charge in [0.15, 0.2) is 0 Å². The average Bonchev–Trinajstić information content (AvgIpc) is 3.27. The summed E-state index contributed by atoms with van der Waals surface area (Å²) < 4.78 is 27.7. The summed E-state index contributed by atoms with van der Waals surface area (Å²) in [5, 5.41) is 3.36. The third kappa shape index (κ3) is 3.41. The quantitative estimate of drug-likeness (QED) is 0.890. The van der Waals surface area contributed by atoms with E-state index in [1.807, 2.05) is 37.4 Å². The lowest BCUT2D eigenvalue weighted by Gasteiger charge is -2.24. The van der Waals surface area contributed by atoms with E-state index in [0.29, 0.717) is 17.5 Å². The van der Waals surface area contributed by atoms with Gasteiger partial charge in [0.25, 0.3) is 0 Å². The van der Waals surface area contributed by atoms with Gasteiger partial charge in [0, 0.05) is 18.8 Å². The summed E-state index contributed by atoms with van der Waals surface area (Å²) in [6, 6.07) is 11.5. The standard InChI is InChI=1S/C19H23N3O2S/c1-14-4-9-17(10-5-14)25(23,24)22-12-2-3-18(22)15-6-11-19(20-13-15)21-16-7-8-16/h4-6,9-11,13,16,18H,2-3,7-8,12H2,1H3,(H,20,21)/t18-/m0/s1. The lowest BCUT2D eigenvalue weighted by Crippen LogP contribution is -2.30. The molecule has 0 amide bonds. The van der Waals surface area contributed by atoms with Crippen molar-refractivity contribution in [2.24, 2.45) is 0 Å². The molecule has 1 atom stereocenters. The second kappa shape index (κ2) is 6.42. The number of aromatic nitrogens is 1. The molecule has 6 heteroatoms. The lowest BCUT2D eigenvalue weighted by molar-refractivity contribution is 0.396. The van der Waals surface area contributed by atoms with Crippen molar-refractivity contribution in [3.05, 3.63) is 53.7 Å².